The van der Waals surface area contributed by atoms with Gasteiger partial charge in [0.2, 0.25) is 0 Å². The number of aromatic amines is 2. The summed E-state index contributed by atoms with van der Waals surface area (Å²) in [5.41, 5.74) is 2.54. The highest BCUT2D eigenvalue weighted by molar-refractivity contribution is 5.90. The molecule has 1 atom stereocenters. The van der Waals surface area contributed by atoms with E-state index in [9.17, 15) is 5.26 Å². The number of piperidine rings is 1. The molecule has 3 heterocycles. The number of rotatable bonds is 2. The maximum Gasteiger partial charge on any atom is 0.286 e. The van der Waals surface area contributed by atoms with Crippen LogP contribution in [0.25, 0.3) is 11.0 Å². The highest BCUT2D eigenvalue weighted by Crippen LogP contribution is 2.24. The van der Waals surface area contributed by atoms with Crippen molar-refractivity contribution in [3.63, 3.8) is 0 Å². The lowest BCUT2D eigenvalue weighted by molar-refractivity contribution is -0.347. The van der Waals surface area contributed by atoms with Crippen molar-refractivity contribution in [1.29, 1.82) is 5.26 Å². The highest BCUT2D eigenvalue weighted by atomic mass is 15.0. The minimum Gasteiger partial charge on any atom is -0.379 e. The molecule has 2 aromatic rings. The van der Waals surface area contributed by atoms with Crippen molar-refractivity contribution in [2.75, 3.05) is 18.4 Å². The van der Waals surface area contributed by atoms with Crippen molar-refractivity contribution in [2.45, 2.75) is 18.9 Å². The van der Waals surface area contributed by atoms with Crippen LogP contribution in [-0.2, 0) is 0 Å². The van der Waals surface area contributed by atoms with Gasteiger partial charge in [-0.2, -0.15) is 5.26 Å². The second-order valence-electron chi connectivity index (χ2n) is 4.64. The summed E-state index contributed by atoms with van der Waals surface area (Å²) in [6.45, 7) is 2.04. The average molecular weight is 242 g/mol. The Bertz CT molecular complexity index is 589. The Hall–Kier alpha value is -2.06. The van der Waals surface area contributed by atoms with Crippen molar-refractivity contribution in [2.24, 2.45) is 0 Å². The van der Waals surface area contributed by atoms with Gasteiger partial charge in [0.05, 0.1) is 17.3 Å². The molecule has 1 saturated heterocycles. The minimum atomic E-state index is 0.395. The topological polar surface area (TPSA) is 77.8 Å². The van der Waals surface area contributed by atoms with Gasteiger partial charge < -0.3 is 10.6 Å². The Morgan fingerprint density at radius 1 is 1.50 bits per heavy atom. The largest absolute Gasteiger partial charge is 0.379 e. The van der Waals surface area contributed by atoms with Crippen LogP contribution in [0.4, 0.5) is 5.69 Å². The van der Waals surface area contributed by atoms with E-state index in [2.05, 4.69) is 26.7 Å². The smallest absolute Gasteiger partial charge is 0.286 e. The molecule has 0 bridgehead atoms. The van der Waals surface area contributed by atoms with Crippen molar-refractivity contribution in [3.8, 4) is 6.07 Å². The van der Waals surface area contributed by atoms with Crippen LogP contribution in [0.5, 0.6) is 0 Å². The lowest BCUT2D eigenvalue weighted by Crippen LogP contribution is -2.38. The van der Waals surface area contributed by atoms with Gasteiger partial charge >= 0.3 is 0 Å². The molecule has 0 amide bonds. The molecule has 1 aliphatic heterocycles. The first kappa shape index (κ1) is 11.1. The van der Waals surface area contributed by atoms with Crippen LogP contribution in [0, 0.1) is 11.3 Å². The summed E-state index contributed by atoms with van der Waals surface area (Å²) in [6.07, 6.45) is 5.95. The van der Waals surface area contributed by atoms with Gasteiger partial charge in [-0.05, 0) is 25.5 Å². The third-order valence-electron chi connectivity index (χ3n) is 3.41. The fourth-order valence-electron chi connectivity index (χ4n) is 2.48. The molecule has 5 heteroatoms. The van der Waals surface area contributed by atoms with Crippen LogP contribution in [0.15, 0.2) is 18.5 Å². The van der Waals surface area contributed by atoms with E-state index in [1.165, 1.54) is 6.42 Å². The number of hydrogen-bond donors (Lipinski definition) is 3. The lowest BCUT2D eigenvalue weighted by Gasteiger charge is -2.25. The van der Waals surface area contributed by atoms with Gasteiger partial charge in [-0.15, -0.1) is 0 Å². The molecule has 92 valence electrons. The quantitative estimate of drug-likeness (QED) is 0.735. The predicted octanol–water partition coefficient (Wildman–Crippen LogP) is 1.02. The lowest BCUT2D eigenvalue weighted by atomic mass is 10.1. The molecule has 2 aromatic heterocycles. The molecule has 4 N–H and O–H groups in total. The number of hydrogen-bond acceptors (Lipinski definition) is 3. The molecular formula is C13H16N5+. The van der Waals surface area contributed by atoms with Gasteiger partial charge in [0.1, 0.15) is 17.8 Å². The van der Waals surface area contributed by atoms with Gasteiger partial charge in [-0.3, -0.25) is 0 Å². The summed E-state index contributed by atoms with van der Waals surface area (Å²) in [4.78, 5) is 6.22. The van der Waals surface area contributed by atoms with E-state index in [-0.39, 0.29) is 0 Å². The minimum absolute atomic E-state index is 0.395. The fraction of sp³-hybridized carbons (Fsp3) is 0.385. The third-order valence-corrected chi connectivity index (χ3v) is 3.41. The predicted molar refractivity (Wildman–Crippen MR) is 69.1 cm³/mol. The zero-order valence-corrected chi connectivity index (χ0v) is 10.1. The Kier molecular flexibility index (Phi) is 2.87. The first-order chi connectivity index (χ1) is 8.88. The second-order valence-corrected chi connectivity index (χ2v) is 4.64. The number of fused-ring (bicyclic) bond motifs is 1. The van der Waals surface area contributed by atoms with E-state index in [4.69, 9.17) is 0 Å². The summed E-state index contributed by atoms with van der Waals surface area (Å²) in [5, 5.41) is 17.1. The molecular weight excluding hydrogens is 226 g/mol. The van der Waals surface area contributed by atoms with Gasteiger partial charge in [0.15, 0.2) is 0 Å². The maximum absolute atomic E-state index is 9.21. The average Bonchev–Trinajstić information content (AvgIpc) is 2.89. The van der Waals surface area contributed by atoms with E-state index >= 15 is 0 Å². The standard InChI is InChI=1S/C13H15N5/c14-6-9-7-17-13-11(3-5-16-13)12(9)18-10-2-1-4-15-8-10/h3,5,7,10,15H,1-2,4,8H2,(H2,16,17,18)/p+1/t10-/m1/s1. The van der Waals surface area contributed by atoms with E-state index in [0.717, 1.165) is 36.2 Å². The first-order valence-corrected chi connectivity index (χ1v) is 6.27. The summed E-state index contributed by atoms with van der Waals surface area (Å²) >= 11 is 0. The van der Waals surface area contributed by atoms with Crippen molar-refractivity contribution < 1.29 is 4.98 Å². The van der Waals surface area contributed by atoms with Crippen LogP contribution in [0.1, 0.15) is 18.4 Å². The van der Waals surface area contributed by atoms with Crippen LogP contribution in [0.3, 0.4) is 0 Å². The monoisotopic (exact) mass is 242 g/mol. The molecule has 0 aromatic carbocycles. The van der Waals surface area contributed by atoms with Crippen molar-refractivity contribution >= 4 is 16.7 Å². The summed E-state index contributed by atoms with van der Waals surface area (Å²) in [6, 6.07) is 4.63. The summed E-state index contributed by atoms with van der Waals surface area (Å²) in [7, 11) is 0. The first-order valence-electron chi connectivity index (χ1n) is 6.27. The number of nitrogens with one attached hydrogen (secondary N) is 4. The van der Waals surface area contributed by atoms with E-state index in [1.807, 2.05) is 12.3 Å². The molecule has 3 rings (SSSR count). The number of nitrogens with zero attached hydrogens (tertiary/aromatic N) is 1. The Morgan fingerprint density at radius 2 is 2.44 bits per heavy atom. The van der Waals surface area contributed by atoms with Crippen LogP contribution in [0.2, 0.25) is 0 Å². The number of aromatic nitrogens is 2. The normalized spacial score (nSPS) is 19.6. The molecule has 0 saturated carbocycles. The van der Waals surface area contributed by atoms with E-state index in [1.54, 1.807) is 6.20 Å². The third kappa shape index (κ3) is 1.91. The SMILES string of the molecule is N#Cc1c[nH+]c2[nH]ccc2c1N[C@@H]1CCCNC1. The molecule has 1 aliphatic rings. The molecule has 0 unspecified atom stereocenters. The molecule has 0 radical (unpaired) electrons. The Labute approximate surface area is 105 Å². The number of pyridine rings is 1. The van der Waals surface area contributed by atoms with Crippen molar-refractivity contribution in [3.05, 3.63) is 24.0 Å². The van der Waals surface area contributed by atoms with Gasteiger partial charge in [-0.25, -0.2) is 9.97 Å². The van der Waals surface area contributed by atoms with E-state index in [0.29, 0.717) is 11.6 Å². The van der Waals surface area contributed by atoms with Gasteiger partial charge in [0.25, 0.3) is 5.65 Å². The highest BCUT2D eigenvalue weighted by Gasteiger charge is 2.18. The van der Waals surface area contributed by atoms with E-state index < -0.39 is 0 Å². The zero-order chi connectivity index (χ0) is 12.4. The second kappa shape index (κ2) is 4.67. The fourth-order valence-corrected chi connectivity index (χ4v) is 2.48. The summed E-state index contributed by atoms with van der Waals surface area (Å²) in [5.74, 6) is 0. The van der Waals surface area contributed by atoms with Crippen LogP contribution >= 0.6 is 0 Å². The molecule has 0 spiro atoms. The maximum atomic E-state index is 9.21. The zero-order valence-electron chi connectivity index (χ0n) is 10.1. The Morgan fingerprint density at radius 3 is 3.22 bits per heavy atom. The number of anilines is 1. The van der Waals surface area contributed by atoms with Crippen LogP contribution < -0.4 is 15.6 Å². The Balaban J connectivity index is 1.97. The molecule has 1 fully saturated rings. The van der Waals surface area contributed by atoms with Crippen molar-refractivity contribution in [1.82, 2.24) is 10.3 Å². The summed E-state index contributed by atoms with van der Waals surface area (Å²) < 4.78 is 0. The van der Waals surface area contributed by atoms with Gasteiger partial charge in [-0.1, -0.05) is 0 Å². The molecule has 18 heavy (non-hydrogen) atoms. The molecule has 0 aliphatic carbocycles. The number of H-pyrrole nitrogens is 2. The molecule has 5 nitrogen and oxygen atoms in total. The number of nitriles is 1. The van der Waals surface area contributed by atoms with Gasteiger partial charge in [0, 0.05) is 12.6 Å². The van der Waals surface area contributed by atoms with Crippen LogP contribution in [-0.4, -0.2) is 24.1 Å².